The van der Waals surface area contributed by atoms with Crippen molar-refractivity contribution < 1.29 is 9.18 Å². The SMILES string of the molecule is CC(C)CC(=O)/C=C/c1ccc(Cl)cc1F. The van der Waals surface area contributed by atoms with E-state index in [9.17, 15) is 9.18 Å². The van der Waals surface area contributed by atoms with E-state index in [4.69, 9.17) is 11.6 Å². The van der Waals surface area contributed by atoms with E-state index >= 15 is 0 Å². The summed E-state index contributed by atoms with van der Waals surface area (Å²) < 4.78 is 13.3. The van der Waals surface area contributed by atoms with Crippen LogP contribution in [-0.4, -0.2) is 5.78 Å². The zero-order valence-electron chi connectivity index (χ0n) is 9.34. The predicted molar refractivity (Wildman–Crippen MR) is 64.9 cm³/mol. The molecule has 0 spiro atoms. The van der Waals surface area contributed by atoms with Gasteiger partial charge in [0.2, 0.25) is 0 Å². The van der Waals surface area contributed by atoms with Crippen LogP contribution in [0, 0.1) is 11.7 Å². The van der Waals surface area contributed by atoms with Crippen LogP contribution in [0.5, 0.6) is 0 Å². The molecule has 1 nitrogen and oxygen atoms in total. The Morgan fingerprint density at radius 3 is 2.75 bits per heavy atom. The Kier molecular flexibility index (Phi) is 4.69. The van der Waals surface area contributed by atoms with Crippen molar-refractivity contribution in [3.63, 3.8) is 0 Å². The lowest BCUT2D eigenvalue weighted by Gasteiger charge is -1.99. The first-order valence-electron chi connectivity index (χ1n) is 5.15. The van der Waals surface area contributed by atoms with Gasteiger partial charge in [0.25, 0.3) is 0 Å². The molecule has 86 valence electrons. The van der Waals surface area contributed by atoms with Crippen LogP contribution in [0.25, 0.3) is 6.08 Å². The van der Waals surface area contributed by atoms with Gasteiger partial charge in [-0.15, -0.1) is 0 Å². The molecule has 1 aromatic rings. The summed E-state index contributed by atoms with van der Waals surface area (Å²) in [6.07, 6.45) is 3.37. The number of allylic oxidation sites excluding steroid dienone is 1. The lowest BCUT2D eigenvalue weighted by molar-refractivity contribution is -0.115. The zero-order chi connectivity index (χ0) is 12.1. The fourth-order valence-electron chi connectivity index (χ4n) is 1.29. The molecule has 0 radical (unpaired) electrons. The van der Waals surface area contributed by atoms with E-state index in [1.165, 1.54) is 18.2 Å². The van der Waals surface area contributed by atoms with Crippen LogP contribution in [-0.2, 0) is 4.79 Å². The normalized spacial score (nSPS) is 11.3. The van der Waals surface area contributed by atoms with E-state index in [2.05, 4.69) is 0 Å². The maximum atomic E-state index is 13.3. The average molecular weight is 241 g/mol. The third kappa shape index (κ3) is 4.15. The van der Waals surface area contributed by atoms with Gasteiger partial charge in [0.05, 0.1) is 0 Å². The Balaban J connectivity index is 2.73. The molecule has 0 aliphatic heterocycles. The Morgan fingerprint density at radius 1 is 1.50 bits per heavy atom. The maximum Gasteiger partial charge on any atom is 0.155 e. The summed E-state index contributed by atoms with van der Waals surface area (Å²) in [4.78, 5) is 11.4. The summed E-state index contributed by atoms with van der Waals surface area (Å²) in [5.41, 5.74) is 0.376. The van der Waals surface area contributed by atoms with E-state index in [1.54, 1.807) is 12.1 Å². The van der Waals surface area contributed by atoms with Crippen LogP contribution < -0.4 is 0 Å². The summed E-state index contributed by atoms with van der Waals surface area (Å²) in [6, 6.07) is 4.38. The van der Waals surface area contributed by atoms with Gasteiger partial charge in [-0.05, 0) is 30.2 Å². The van der Waals surface area contributed by atoms with Gasteiger partial charge in [-0.3, -0.25) is 4.79 Å². The molecule has 0 aromatic heterocycles. The van der Waals surface area contributed by atoms with Crippen LogP contribution in [0.4, 0.5) is 4.39 Å². The lowest BCUT2D eigenvalue weighted by Crippen LogP contribution is -1.98. The average Bonchev–Trinajstić information content (AvgIpc) is 2.15. The van der Waals surface area contributed by atoms with E-state index < -0.39 is 5.82 Å². The number of hydrogen-bond acceptors (Lipinski definition) is 1. The summed E-state index contributed by atoms with van der Waals surface area (Å²) in [5, 5.41) is 0.350. The van der Waals surface area contributed by atoms with Gasteiger partial charge in [-0.2, -0.15) is 0 Å². The standard InChI is InChI=1S/C13H14ClFO/c1-9(2)7-12(16)6-4-10-3-5-11(14)8-13(10)15/h3-6,8-9H,7H2,1-2H3/b6-4+. The van der Waals surface area contributed by atoms with Gasteiger partial charge < -0.3 is 0 Å². The van der Waals surface area contributed by atoms with Gasteiger partial charge in [-0.1, -0.05) is 31.5 Å². The van der Waals surface area contributed by atoms with Gasteiger partial charge in [-0.25, -0.2) is 4.39 Å². The van der Waals surface area contributed by atoms with E-state index in [-0.39, 0.29) is 5.78 Å². The second kappa shape index (κ2) is 5.80. The number of rotatable bonds is 4. The lowest BCUT2D eigenvalue weighted by atomic mass is 10.1. The first-order chi connectivity index (χ1) is 7.49. The van der Waals surface area contributed by atoms with Gasteiger partial charge in [0.15, 0.2) is 5.78 Å². The molecule has 1 aromatic carbocycles. The zero-order valence-corrected chi connectivity index (χ0v) is 10.1. The van der Waals surface area contributed by atoms with E-state index in [1.807, 2.05) is 13.8 Å². The largest absolute Gasteiger partial charge is 0.295 e. The highest BCUT2D eigenvalue weighted by Crippen LogP contribution is 2.16. The second-order valence-electron chi connectivity index (χ2n) is 4.06. The fourth-order valence-corrected chi connectivity index (χ4v) is 1.45. The van der Waals surface area contributed by atoms with Gasteiger partial charge in [0.1, 0.15) is 5.82 Å². The highest BCUT2D eigenvalue weighted by Gasteiger charge is 2.02. The molecule has 0 saturated carbocycles. The number of carbonyl (C=O) groups is 1. The maximum absolute atomic E-state index is 13.3. The smallest absolute Gasteiger partial charge is 0.155 e. The minimum atomic E-state index is -0.416. The van der Waals surface area contributed by atoms with Crippen LogP contribution in [0.3, 0.4) is 0 Å². The van der Waals surface area contributed by atoms with Crippen molar-refractivity contribution >= 4 is 23.5 Å². The van der Waals surface area contributed by atoms with Gasteiger partial charge >= 0.3 is 0 Å². The molecule has 0 saturated heterocycles. The fraction of sp³-hybridized carbons (Fsp3) is 0.308. The Morgan fingerprint density at radius 2 is 2.19 bits per heavy atom. The van der Waals surface area contributed by atoms with Crippen molar-refractivity contribution in [2.75, 3.05) is 0 Å². The molecule has 0 aliphatic rings. The molecule has 0 unspecified atom stereocenters. The van der Waals surface area contributed by atoms with Crippen LogP contribution >= 0.6 is 11.6 Å². The molecule has 3 heteroatoms. The summed E-state index contributed by atoms with van der Waals surface area (Å²) >= 11 is 5.62. The molecule has 16 heavy (non-hydrogen) atoms. The summed E-state index contributed by atoms with van der Waals surface area (Å²) in [7, 11) is 0. The minimum absolute atomic E-state index is 0.00403. The topological polar surface area (TPSA) is 17.1 Å². The van der Waals surface area contributed by atoms with Crippen molar-refractivity contribution in [2.45, 2.75) is 20.3 Å². The highest BCUT2D eigenvalue weighted by molar-refractivity contribution is 6.30. The number of carbonyl (C=O) groups excluding carboxylic acids is 1. The molecule has 0 aliphatic carbocycles. The first-order valence-corrected chi connectivity index (χ1v) is 5.53. The van der Waals surface area contributed by atoms with Crippen LogP contribution in [0.2, 0.25) is 5.02 Å². The van der Waals surface area contributed by atoms with Crippen molar-refractivity contribution in [2.24, 2.45) is 5.92 Å². The highest BCUT2D eigenvalue weighted by atomic mass is 35.5. The molecular weight excluding hydrogens is 227 g/mol. The predicted octanol–water partition coefficient (Wildman–Crippen LogP) is 4.11. The third-order valence-corrected chi connectivity index (χ3v) is 2.26. The van der Waals surface area contributed by atoms with Crippen LogP contribution in [0.15, 0.2) is 24.3 Å². The van der Waals surface area contributed by atoms with E-state index in [0.717, 1.165) is 0 Å². The Bertz CT molecular complexity index is 410. The van der Waals surface area contributed by atoms with Crippen molar-refractivity contribution in [3.8, 4) is 0 Å². The molecule has 0 N–H and O–H groups in total. The second-order valence-corrected chi connectivity index (χ2v) is 4.50. The molecule has 0 heterocycles. The third-order valence-electron chi connectivity index (χ3n) is 2.02. The molecular formula is C13H14ClFO. The monoisotopic (exact) mass is 240 g/mol. The Hall–Kier alpha value is -1.15. The summed E-state index contributed by atoms with van der Waals surface area (Å²) in [5.74, 6) is -0.0994. The minimum Gasteiger partial charge on any atom is -0.295 e. The van der Waals surface area contributed by atoms with Crippen molar-refractivity contribution in [1.29, 1.82) is 0 Å². The first kappa shape index (κ1) is 12.9. The number of hydrogen-bond donors (Lipinski definition) is 0. The quantitative estimate of drug-likeness (QED) is 0.724. The molecule has 1 rings (SSSR count). The van der Waals surface area contributed by atoms with Gasteiger partial charge in [0, 0.05) is 17.0 Å². The molecule has 0 fully saturated rings. The summed E-state index contributed by atoms with van der Waals surface area (Å²) in [6.45, 7) is 3.93. The number of benzene rings is 1. The molecule has 0 bridgehead atoms. The van der Waals surface area contributed by atoms with E-state index in [0.29, 0.717) is 22.9 Å². The number of halogens is 2. The molecule has 0 atom stereocenters. The Labute approximate surface area is 99.9 Å². The van der Waals surface area contributed by atoms with Crippen molar-refractivity contribution in [3.05, 3.63) is 40.7 Å². The van der Waals surface area contributed by atoms with Crippen molar-refractivity contribution in [1.82, 2.24) is 0 Å². The molecule has 0 amide bonds. The van der Waals surface area contributed by atoms with Crippen LogP contribution in [0.1, 0.15) is 25.8 Å². The number of ketones is 1.